The van der Waals surface area contributed by atoms with Gasteiger partial charge in [-0.1, -0.05) is 39.3 Å². The van der Waals surface area contributed by atoms with Crippen LogP contribution in [0.5, 0.6) is 0 Å². The molecule has 1 N–H and O–H groups in total. The minimum absolute atomic E-state index is 0.0485. The molecule has 1 saturated heterocycles. The second-order valence-electron chi connectivity index (χ2n) is 7.09. The zero-order valence-corrected chi connectivity index (χ0v) is 13.8. The molecule has 0 bridgehead atoms. The van der Waals surface area contributed by atoms with Gasteiger partial charge in [0.2, 0.25) is 5.91 Å². The third-order valence-corrected chi connectivity index (χ3v) is 4.34. The van der Waals surface area contributed by atoms with Crippen LogP contribution in [0.2, 0.25) is 0 Å². The van der Waals surface area contributed by atoms with Crippen LogP contribution in [0.25, 0.3) is 0 Å². The third kappa shape index (κ3) is 4.31. The number of carbonyl (C=O) groups is 1. The first-order chi connectivity index (χ1) is 9.88. The Hall–Kier alpha value is -1.35. The molecule has 1 aliphatic rings. The van der Waals surface area contributed by atoms with Gasteiger partial charge in [-0.25, -0.2) is 0 Å². The second-order valence-corrected chi connectivity index (χ2v) is 7.09. The summed E-state index contributed by atoms with van der Waals surface area (Å²) in [6.07, 6.45) is 3.70. The van der Waals surface area contributed by atoms with Crippen molar-refractivity contribution in [3.05, 3.63) is 29.8 Å². The number of nitrogens with one attached hydrogen (secondary N) is 1. The number of rotatable bonds is 3. The lowest BCUT2D eigenvalue weighted by molar-refractivity contribution is -0.121. The lowest BCUT2D eigenvalue weighted by atomic mass is 9.87. The molecule has 1 atom stereocenters. The smallest absolute Gasteiger partial charge is 0.241 e. The standard InChI is InChI=1S/C18H28N2O/c1-14(20-12-6-5-7-13-20)17(21)19-16-10-8-15(9-11-16)18(2,3)4/h8-11,14H,5-7,12-13H2,1-4H3,(H,19,21)/t14-/m1/s1. The van der Waals surface area contributed by atoms with Crippen molar-refractivity contribution in [1.82, 2.24) is 4.90 Å². The van der Waals surface area contributed by atoms with E-state index in [4.69, 9.17) is 0 Å². The monoisotopic (exact) mass is 288 g/mol. The molecule has 0 radical (unpaired) electrons. The highest BCUT2D eigenvalue weighted by molar-refractivity contribution is 5.94. The predicted octanol–water partition coefficient (Wildman–Crippen LogP) is 3.80. The van der Waals surface area contributed by atoms with E-state index in [2.05, 4.69) is 43.1 Å². The number of benzene rings is 1. The van der Waals surface area contributed by atoms with E-state index < -0.39 is 0 Å². The molecule has 0 aliphatic carbocycles. The molecule has 116 valence electrons. The van der Waals surface area contributed by atoms with E-state index in [0.29, 0.717) is 0 Å². The van der Waals surface area contributed by atoms with Gasteiger partial charge in [0.1, 0.15) is 0 Å². The summed E-state index contributed by atoms with van der Waals surface area (Å²) >= 11 is 0. The SMILES string of the molecule is C[C@H](C(=O)Nc1ccc(C(C)(C)C)cc1)N1CCCCC1. The number of hydrogen-bond donors (Lipinski definition) is 1. The number of amides is 1. The van der Waals surface area contributed by atoms with Crippen LogP contribution >= 0.6 is 0 Å². The third-order valence-electron chi connectivity index (χ3n) is 4.34. The van der Waals surface area contributed by atoms with Crippen molar-refractivity contribution in [2.24, 2.45) is 0 Å². The average Bonchev–Trinajstić information content (AvgIpc) is 2.47. The normalized spacial score (nSPS) is 18.3. The average molecular weight is 288 g/mol. The molecule has 0 unspecified atom stereocenters. The maximum Gasteiger partial charge on any atom is 0.241 e. The van der Waals surface area contributed by atoms with Crippen molar-refractivity contribution in [3.63, 3.8) is 0 Å². The van der Waals surface area contributed by atoms with E-state index in [0.717, 1.165) is 18.8 Å². The number of carbonyl (C=O) groups excluding carboxylic acids is 1. The quantitative estimate of drug-likeness (QED) is 0.917. The van der Waals surface area contributed by atoms with E-state index in [1.807, 2.05) is 19.1 Å². The van der Waals surface area contributed by atoms with Crippen LogP contribution in [0.4, 0.5) is 5.69 Å². The summed E-state index contributed by atoms with van der Waals surface area (Å²) < 4.78 is 0. The summed E-state index contributed by atoms with van der Waals surface area (Å²) in [6, 6.07) is 8.15. The number of anilines is 1. The first kappa shape index (κ1) is 16.0. The highest BCUT2D eigenvalue weighted by Gasteiger charge is 2.22. The molecule has 1 aromatic rings. The summed E-state index contributed by atoms with van der Waals surface area (Å²) in [4.78, 5) is 14.6. The van der Waals surface area contributed by atoms with Gasteiger partial charge in [0.25, 0.3) is 0 Å². The molecule has 21 heavy (non-hydrogen) atoms. The largest absolute Gasteiger partial charge is 0.325 e. The fraction of sp³-hybridized carbons (Fsp3) is 0.611. The van der Waals surface area contributed by atoms with Crippen LogP contribution in [0.1, 0.15) is 52.5 Å². The summed E-state index contributed by atoms with van der Waals surface area (Å²) in [5.74, 6) is 0.0976. The van der Waals surface area contributed by atoms with E-state index in [-0.39, 0.29) is 17.4 Å². The molecule has 2 rings (SSSR count). The van der Waals surface area contributed by atoms with Crippen LogP contribution in [0, 0.1) is 0 Å². The second kappa shape index (κ2) is 6.61. The van der Waals surface area contributed by atoms with Crippen molar-refractivity contribution in [1.29, 1.82) is 0 Å². The van der Waals surface area contributed by atoms with Crippen molar-refractivity contribution in [2.75, 3.05) is 18.4 Å². The topological polar surface area (TPSA) is 32.3 Å². The fourth-order valence-corrected chi connectivity index (χ4v) is 2.77. The van der Waals surface area contributed by atoms with Gasteiger partial charge in [0.05, 0.1) is 6.04 Å². The van der Waals surface area contributed by atoms with E-state index in [1.165, 1.54) is 24.8 Å². The molecule has 1 amide bonds. The Morgan fingerprint density at radius 1 is 1.10 bits per heavy atom. The molecular weight excluding hydrogens is 260 g/mol. The van der Waals surface area contributed by atoms with Gasteiger partial charge in [0.15, 0.2) is 0 Å². The van der Waals surface area contributed by atoms with Gasteiger partial charge in [-0.05, 0) is 56.0 Å². The molecule has 1 aliphatic heterocycles. The lowest BCUT2D eigenvalue weighted by Crippen LogP contribution is -2.44. The van der Waals surface area contributed by atoms with Gasteiger partial charge in [-0.15, -0.1) is 0 Å². The molecular formula is C18H28N2O. The maximum atomic E-state index is 12.3. The van der Waals surface area contributed by atoms with Crippen LogP contribution in [-0.4, -0.2) is 29.9 Å². The maximum absolute atomic E-state index is 12.3. The summed E-state index contributed by atoms with van der Waals surface area (Å²) in [6.45, 7) is 10.7. The Morgan fingerprint density at radius 2 is 1.67 bits per heavy atom. The lowest BCUT2D eigenvalue weighted by Gasteiger charge is -2.31. The van der Waals surface area contributed by atoms with Crippen LogP contribution in [0.15, 0.2) is 24.3 Å². The van der Waals surface area contributed by atoms with Crippen molar-refractivity contribution in [2.45, 2.75) is 58.4 Å². The minimum atomic E-state index is -0.0485. The van der Waals surface area contributed by atoms with Crippen molar-refractivity contribution < 1.29 is 4.79 Å². The number of hydrogen-bond acceptors (Lipinski definition) is 2. The van der Waals surface area contributed by atoms with Gasteiger partial charge in [-0.2, -0.15) is 0 Å². The molecule has 1 fully saturated rings. The van der Waals surface area contributed by atoms with E-state index >= 15 is 0 Å². The minimum Gasteiger partial charge on any atom is -0.325 e. The van der Waals surface area contributed by atoms with Gasteiger partial charge in [0, 0.05) is 5.69 Å². The fourth-order valence-electron chi connectivity index (χ4n) is 2.77. The van der Waals surface area contributed by atoms with Crippen LogP contribution in [0.3, 0.4) is 0 Å². The van der Waals surface area contributed by atoms with Crippen LogP contribution in [-0.2, 0) is 10.2 Å². The number of piperidine rings is 1. The Morgan fingerprint density at radius 3 is 2.19 bits per heavy atom. The first-order valence-electron chi connectivity index (χ1n) is 8.03. The summed E-state index contributed by atoms with van der Waals surface area (Å²) in [7, 11) is 0. The zero-order chi connectivity index (χ0) is 15.5. The predicted molar refractivity (Wildman–Crippen MR) is 88.7 cm³/mol. The first-order valence-corrected chi connectivity index (χ1v) is 8.03. The molecule has 0 aromatic heterocycles. The highest BCUT2D eigenvalue weighted by atomic mass is 16.2. The van der Waals surface area contributed by atoms with E-state index in [1.54, 1.807) is 0 Å². The summed E-state index contributed by atoms with van der Waals surface area (Å²) in [5, 5.41) is 3.04. The molecule has 0 saturated carbocycles. The zero-order valence-electron chi connectivity index (χ0n) is 13.8. The van der Waals surface area contributed by atoms with Crippen molar-refractivity contribution in [3.8, 4) is 0 Å². The highest BCUT2D eigenvalue weighted by Crippen LogP contribution is 2.23. The number of nitrogens with zero attached hydrogens (tertiary/aromatic N) is 1. The Kier molecular flexibility index (Phi) is 5.04. The molecule has 1 heterocycles. The summed E-state index contributed by atoms with van der Waals surface area (Å²) in [5.41, 5.74) is 2.31. The van der Waals surface area contributed by atoms with Gasteiger partial charge >= 0.3 is 0 Å². The number of likely N-dealkylation sites (tertiary alicyclic amines) is 1. The Labute approximate surface area is 128 Å². The molecule has 3 nitrogen and oxygen atoms in total. The molecule has 3 heteroatoms. The van der Waals surface area contributed by atoms with Crippen LogP contribution < -0.4 is 5.32 Å². The van der Waals surface area contributed by atoms with Gasteiger partial charge in [-0.3, -0.25) is 9.69 Å². The van der Waals surface area contributed by atoms with Crippen molar-refractivity contribution >= 4 is 11.6 Å². The van der Waals surface area contributed by atoms with Gasteiger partial charge < -0.3 is 5.32 Å². The molecule has 0 spiro atoms. The van der Waals surface area contributed by atoms with E-state index in [9.17, 15) is 4.79 Å². The Bertz CT molecular complexity index is 467. The Balaban J connectivity index is 1.95. The molecule has 1 aromatic carbocycles.